The van der Waals surface area contributed by atoms with Gasteiger partial charge in [0.15, 0.2) is 0 Å². The van der Waals surface area contributed by atoms with Crippen LogP contribution in [0, 0.1) is 0 Å². The van der Waals surface area contributed by atoms with Crippen molar-refractivity contribution in [2.45, 2.75) is 25.5 Å². The van der Waals surface area contributed by atoms with Crippen molar-refractivity contribution in [3.05, 3.63) is 59.2 Å². The number of esters is 1. The normalized spacial score (nSPS) is 13.2. The fourth-order valence-corrected chi connectivity index (χ4v) is 3.32. The van der Waals surface area contributed by atoms with Gasteiger partial charge in [-0.15, -0.1) is 11.3 Å². The van der Waals surface area contributed by atoms with Crippen molar-refractivity contribution in [2.24, 2.45) is 0 Å². The molecule has 2 aromatic heterocycles. The summed E-state index contributed by atoms with van der Waals surface area (Å²) in [5.74, 6) is 1.16. The van der Waals surface area contributed by atoms with Gasteiger partial charge in [-0.1, -0.05) is 12.1 Å². The van der Waals surface area contributed by atoms with E-state index in [9.17, 15) is 4.79 Å². The molecule has 0 aliphatic heterocycles. The van der Waals surface area contributed by atoms with Crippen LogP contribution < -0.4 is 10.1 Å². The Morgan fingerprint density at radius 2 is 2.19 bits per heavy atom. The van der Waals surface area contributed by atoms with E-state index in [0.717, 1.165) is 22.1 Å². The van der Waals surface area contributed by atoms with Gasteiger partial charge in [-0.3, -0.25) is 0 Å². The average molecular weight is 381 g/mol. The topological polar surface area (TPSA) is 73.3 Å². The van der Waals surface area contributed by atoms with Gasteiger partial charge in [-0.25, -0.2) is 14.8 Å². The minimum absolute atomic E-state index is 0.126. The van der Waals surface area contributed by atoms with E-state index in [-0.39, 0.29) is 6.61 Å². The lowest BCUT2D eigenvalue weighted by molar-refractivity contribution is 0.0468. The first-order chi connectivity index (χ1) is 13.2. The Morgan fingerprint density at radius 1 is 1.30 bits per heavy atom. The number of carbonyl (C=O) groups is 1. The summed E-state index contributed by atoms with van der Waals surface area (Å²) in [5.41, 5.74) is 2.12. The Balaban J connectivity index is 1.35. The predicted molar refractivity (Wildman–Crippen MR) is 104 cm³/mol. The molecule has 27 heavy (non-hydrogen) atoms. The Morgan fingerprint density at radius 3 is 2.93 bits per heavy atom. The van der Waals surface area contributed by atoms with Crippen molar-refractivity contribution in [1.82, 2.24) is 9.97 Å². The molecule has 0 unspecified atom stereocenters. The molecule has 0 saturated heterocycles. The number of thiazole rings is 1. The molecule has 0 radical (unpaired) electrons. The summed E-state index contributed by atoms with van der Waals surface area (Å²) in [6.45, 7) is 0.126. The van der Waals surface area contributed by atoms with Crippen LogP contribution in [-0.2, 0) is 11.3 Å². The van der Waals surface area contributed by atoms with E-state index in [4.69, 9.17) is 9.47 Å². The quantitative estimate of drug-likeness (QED) is 0.620. The summed E-state index contributed by atoms with van der Waals surface area (Å²) in [4.78, 5) is 21.0. The van der Waals surface area contributed by atoms with Crippen molar-refractivity contribution in [1.29, 1.82) is 0 Å². The minimum Gasteiger partial charge on any atom is -0.497 e. The van der Waals surface area contributed by atoms with Crippen molar-refractivity contribution in [2.75, 3.05) is 12.4 Å². The summed E-state index contributed by atoms with van der Waals surface area (Å²) >= 11 is 1.50. The first kappa shape index (κ1) is 17.5. The zero-order valence-corrected chi connectivity index (χ0v) is 15.7. The lowest BCUT2D eigenvalue weighted by Crippen LogP contribution is -2.07. The number of aromatic nitrogens is 2. The second-order valence-electron chi connectivity index (χ2n) is 6.30. The average Bonchev–Trinajstić information content (AvgIpc) is 3.40. The van der Waals surface area contributed by atoms with Gasteiger partial charge >= 0.3 is 5.97 Å². The predicted octanol–water partition coefficient (Wildman–Crippen LogP) is 4.15. The van der Waals surface area contributed by atoms with Crippen LogP contribution in [0.3, 0.4) is 0 Å². The third kappa shape index (κ3) is 4.43. The van der Waals surface area contributed by atoms with Gasteiger partial charge in [0.05, 0.1) is 18.4 Å². The van der Waals surface area contributed by atoms with E-state index in [1.807, 2.05) is 29.6 Å². The molecule has 1 aromatic carbocycles. The van der Waals surface area contributed by atoms with Crippen molar-refractivity contribution in [3.63, 3.8) is 0 Å². The fraction of sp³-hybridized carbons (Fsp3) is 0.250. The van der Waals surface area contributed by atoms with Crippen LogP contribution in [-0.4, -0.2) is 29.1 Å². The molecule has 0 amide bonds. The van der Waals surface area contributed by atoms with E-state index in [1.54, 1.807) is 19.2 Å². The number of anilines is 1. The molecule has 2 heterocycles. The second kappa shape index (κ2) is 7.75. The zero-order chi connectivity index (χ0) is 18.6. The maximum Gasteiger partial charge on any atom is 0.340 e. The summed E-state index contributed by atoms with van der Waals surface area (Å²) in [6, 6.07) is 11.8. The standard InChI is InChI=1S/C20H19N3O3S/c1-25-17-4-2-3-13(9-17)19-23-16(12-27-19)11-26-20(24)14-5-8-18(21-10-14)22-15-6-7-15/h2-5,8-10,12,15H,6-7,11H2,1H3,(H,21,22). The minimum atomic E-state index is -0.406. The zero-order valence-electron chi connectivity index (χ0n) is 14.8. The number of hydrogen-bond acceptors (Lipinski definition) is 7. The van der Waals surface area contributed by atoms with Crippen molar-refractivity contribution >= 4 is 23.1 Å². The molecule has 1 saturated carbocycles. The monoisotopic (exact) mass is 381 g/mol. The summed E-state index contributed by atoms with van der Waals surface area (Å²) < 4.78 is 10.6. The third-order valence-corrected chi connectivity index (χ3v) is 5.09. The number of rotatable bonds is 7. The number of benzene rings is 1. The van der Waals surface area contributed by atoms with Gasteiger partial charge in [0, 0.05) is 23.2 Å². The molecular weight excluding hydrogens is 362 g/mol. The molecular formula is C20H19N3O3S. The molecule has 1 N–H and O–H groups in total. The Bertz CT molecular complexity index is 936. The molecule has 4 rings (SSSR count). The Kier molecular flexibility index (Phi) is 5.02. The molecule has 6 nitrogen and oxygen atoms in total. The van der Waals surface area contributed by atoms with Crippen molar-refractivity contribution in [3.8, 4) is 16.3 Å². The smallest absolute Gasteiger partial charge is 0.340 e. The van der Waals surface area contributed by atoms with Crippen LogP contribution in [0.2, 0.25) is 0 Å². The summed E-state index contributed by atoms with van der Waals surface area (Å²) in [7, 11) is 1.63. The van der Waals surface area contributed by atoms with Gasteiger partial charge < -0.3 is 14.8 Å². The highest BCUT2D eigenvalue weighted by Crippen LogP contribution is 2.27. The van der Waals surface area contributed by atoms with Gasteiger partial charge in [0.2, 0.25) is 0 Å². The lowest BCUT2D eigenvalue weighted by atomic mass is 10.2. The van der Waals surface area contributed by atoms with Crippen LogP contribution in [0.1, 0.15) is 28.9 Å². The first-order valence-corrected chi connectivity index (χ1v) is 9.58. The van der Waals surface area contributed by atoms with E-state index >= 15 is 0 Å². The highest BCUT2D eigenvalue weighted by Gasteiger charge is 2.21. The third-order valence-electron chi connectivity index (χ3n) is 4.15. The van der Waals surface area contributed by atoms with E-state index in [1.165, 1.54) is 30.4 Å². The molecule has 1 fully saturated rings. The Labute approximate surface area is 161 Å². The molecule has 1 aliphatic carbocycles. The molecule has 0 bridgehead atoms. The number of carbonyl (C=O) groups excluding carboxylic acids is 1. The maximum absolute atomic E-state index is 12.2. The van der Waals surface area contributed by atoms with Crippen LogP contribution in [0.5, 0.6) is 5.75 Å². The summed E-state index contributed by atoms with van der Waals surface area (Å²) in [6.07, 6.45) is 3.89. The Hall–Kier alpha value is -2.93. The molecule has 0 atom stereocenters. The maximum atomic E-state index is 12.2. The van der Waals surface area contributed by atoms with E-state index in [2.05, 4.69) is 15.3 Å². The number of pyridine rings is 1. The number of hydrogen-bond donors (Lipinski definition) is 1. The largest absolute Gasteiger partial charge is 0.497 e. The van der Waals surface area contributed by atoms with Crippen LogP contribution in [0.25, 0.3) is 10.6 Å². The highest BCUT2D eigenvalue weighted by atomic mass is 32.1. The number of ether oxygens (including phenoxy) is 2. The molecule has 138 valence electrons. The second-order valence-corrected chi connectivity index (χ2v) is 7.16. The van der Waals surface area contributed by atoms with E-state index < -0.39 is 5.97 Å². The van der Waals surface area contributed by atoms with Crippen LogP contribution >= 0.6 is 11.3 Å². The number of methoxy groups -OCH3 is 1. The number of nitrogens with one attached hydrogen (secondary N) is 1. The van der Waals surface area contributed by atoms with E-state index in [0.29, 0.717) is 17.3 Å². The molecule has 1 aliphatic rings. The van der Waals surface area contributed by atoms with Gasteiger partial charge in [0.25, 0.3) is 0 Å². The molecule has 7 heteroatoms. The SMILES string of the molecule is COc1cccc(-c2nc(COC(=O)c3ccc(NC4CC4)nc3)cs2)c1. The van der Waals surface area contributed by atoms with Gasteiger partial charge in [-0.05, 0) is 37.1 Å². The summed E-state index contributed by atoms with van der Waals surface area (Å²) in [5, 5.41) is 6.04. The number of nitrogens with zero attached hydrogens (tertiary/aromatic N) is 2. The first-order valence-electron chi connectivity index (χ1n) is 8.70. The highest BCUT2D eigenvalue weighted by molar-refractivity contribution is 7.13. The van der Waals surface area contributed by atoms with Crippen molar-refractivity contribution < 1.29 is 14.3 Å². The molecule has 0 spiro atoms. The van der Waals surface area contributed by atoms with Gasteiger partial charge in [0.1, 0.15) is 23.2 Å². The van der Waals surface area contributed by atoms with Crippen LogP contribution in [0.15, 0.2) is 48.0 Å². The van der Waals surface area contributed by atoms with Crippen LogP contribution in [0.4, 0.5) is 5.82 Å². The van der Waals surface area contributed by atoms with Gasteiger partial charge in [-0.2, -0.15) is 0 Å². The fourth-order valence-electron chi connectivity index (χ4n) is 2.52. The molecule has 3 aromatic rings. The lowest BCUT2D eigenvalue weighted by Gasteiger charge is -2.05.